The number of hydrogen-bond donors (Lipinski definition) is 2. The summed E-state index contributed by atoms with van der Waals surface area (Å²) in [6.45, 7) is 2.15. The van der Waals surface area contributed by atoms with Crippen molar-refractivity contribution in [3.05, 3.63) is 58.1 Å². The third-order valence-corrected chi connectivity index (χ3v) is 3.51. The highest BCUT2D eigenvalue weighted by molar-refractivity contribution is 9.10. The molecular formula is C16H17BrN2O2. The van der Waals surface area contributed by atoms with Crippen LogP contribution in [0.25, 0.3) is 0 Å². The van der Waals surface area contributed by atoms with E-state index in [1.807, 2.05) is 30.3 Å². The van der Waals surface area contributed by atoms with Crippen molar-refractivity contribution in [1.82, 2.24) is 0 Å². The lowest BCUT2D eigenvalue weighted by Gasteiger charge is -2.11. The van der Waals surface area contributed by atoms with Gasteiger partial charge in [-0.1, -0.05) is 46.6 Å². The summed E-state index contributed by atoms with van der Waals surface area (Å²) in [5.74, 6) is 1.26. The number of benzene rings is 2. The first-order chi connectivity index (χ1) is 10.1. The molecule has 2 aromatic carbocycles. The van der Waals surface area contributed by atoms with Crippen molar-refractivity contribution < 1.29 is 9.94 Å². The van der Waals surface area contributed by atoms with Gasteiger partial charge in [0.15, 0.2) is 5.84 Å². The summed E-state index contributed by atoms with van der Waals surface area (Å²) in [7, 11) is 0. The zero-order chi connectivity index (χ0) is 15.2. The molecule has 0 radical (unpaired) electrons. The maximum absolute atomic E-state index is 8.86. The normalized spacial score (nSPS) is 11.4. The molecule has 0 unspecified atom stereocenters. The molecule has 0 fully saturated rings. The Morgan fingerprint density at radius 3 is 2.57 bits per heavy atom. The second-order valence-corrected chi connectivity index (χ2v) is 5.54. The molecule has 0 atom stereocenters. The largest absolute Gasteiger partial charge is 0.457 e. The van der Waals surface area contributed by atoms with Crippen LogP contribution < -0.4 is 10.5 Å². The molecule has 21 heavy (non-hydrogen) atoms. The van der Waals surface area contributed by atoms with E-state index in [4.69, 9.17) is 15.7 Å². The summed E-state index contributed by atoms with van der Waals surface area (Å²) < 4.78 is 6.66. The average Bonchev–Trinajstić information content (AvgIpc) is 2.50. The number of aryl methyl sites for hydroxylation is 1. The van der Waals surface area contributed by atoms with Crippen LogP contribution in [0.2, 0.25) is 0 Å². The van der Waals surface area contributed by atoms with Gasteiger partial charge in [-0.25, -0.2) is 0 Å². The first-order valence-corrected chi connectivity index (χ1v) is 7.47. The highest BCUT2D eigenvalue weighted by Gasteiger charge is 2.10. The number of rotatable bonds is 5. The lowest BCUT2D eigenvalue weighted by molar-refractivity contribution is 0.318. The van der Waals surface area contributed by atoms with Crippen LogP contribution in [0.3, 0.4) is 0 Å². The van der Waals surface area contributed by atoms with Gasteiger partial charge in [0.25, 0.3) is 0 Å². The van der Waals surface area contributed by atoms with Crippen LogP contribution in [0, 0.1) is 0 Å². The van der Waals surface area contributed by atoms with Crippen molar-refractivity contribution in [3.63, 3.8) is 0 Å². The van der Waals surface area contributed by atoms with Crippen molar-refractivity contribution in [2.24, 2.45) is 10.9 Å². The SMILES string of the molecule is CCCc1ccc(Oc2ccc(Br)cc2/C(N)=N/O)cc1. The monoisotopic (exact) mass is 348 g/mol. The number of oxime groups is 1. The minimum Gasteiger partial charge on any atom is -0.457 e. The van der Waals surface area contributed by atoms with Crippen molar-refractivity contribution in [1.29, 1.82) is 0 Å². The third kappa shape index (κ3) is 3.98. The van der Waals surface area contributed by atoms with Crippen LogP contribution in [-0.2, 0) is 6.42 Å². The predicted octanol–water partition coefficient (Wildman–Crippen LogP) is 4.29. The van der Waals surface area contributed by atoms with E-state index in [2.05, 4.69) is 28.0 Å². The summed E-state index contributed by atoms with van der Waals surface area (Å²) in [5, 5.41) is 11.9. The van der Waals surface area contributed by atoms with Gasteiger partial charge < -0.3 is 15.7 Å². The number of nitrogens with zero attached hydrogens (tertiary/aromatic N) is 1. The molecule has 110 valence electrons. The molecule has 5 heteroatoms. The van der Waals surface area contributed by atoms with E-state index < -0.39 is 0 Å². The Kier molecular flexibility index (Phi) is 5.22. The lowest BCUT2D eigenvalue weighted by atomic mass is 10.1. The quantitative estimate of drug-likeness (QED) is 0.366. The molecule has 0 aliphatic carbocycles. The zero-order valence-corrected chi connectivity index (χ0v) is 13.3. The molecule has 0 aliphatic heterocycles. The molecule has 0 amide bonds. The van der Waals surface area contributed by atoms with Crippen LogP contribution in [0.4, 0.5) is 0 Å². The molecule has 0 heterocycles. The van der Waals surface area contributed by atoms with E-state index in [9.17, 15) is 0 Å². The van der Waals surface area contributed by atoms with Gasteiger partial charge in [0.1, 0.15) is 11.5 Å². The topological polar surface area (TPSA) is 67.8 Å². The predicted molar refractivity (Wildman–Crippen MR) is 87.2 cm³/mol. The van der Waals surface area contributed by atoms with Gasteiger partial charge in [0, 0.05) is 4.47 Å². The molecule has 0 saturated heterocycles. The highest BCUT2D eigenvalue weighted by Crippen LogP contribution is 2.28. The highest BCUT2D eigenvalue weighted by atomic mass is 79.9. The molecule has 0 bridgehead atoms. The molecule has 0 saturated carbocycles. The van der Waals surface area contributed by atoms with Gasteiger partial charge in [-0.3, -0.25) is 0 Å². The summed E-state index contributed by atoms with van der Waals surface area (Å²) in [5.41, 5.74) is 7.49. The zero-order valence-electron chi connectivity index (χ0n) is 11.7. The summed E-state index contributed by atoms with van der Waals surface area (Å²) in [4.78, 5) is 0. The Bertz CT molecular complexity index is 639. The molecule has 0 aromatic heterocycles. The minimum absolute atomic E-state index is 0.00824. The van der Waals surface area contributed by atoms with Crippen LogP contribution in [0.1, 0.15) is 24.5 Å². The molecule has 2 rings (SSSR count). The third-order valence-electron chi connectivity index (χ3n) is 3.02. The molecule has 2 aromatic rings. The minimum atomic E-state index is 0.00824. The lowest BCUT2D eigenvalue weighted by Crippen LogP contribution is -2.14. The second-order valence-electron chi connectivity index (χ2n) is 4.62. The van der Waals surface area contributed by atoms with Crippen LogP contribution in [0.15, 0.2) is 52.1 Å². The van der Waals surface area contributed by atoms with Gasteiger partial charge in [-0.15, -0.1) is 0 Å². The molecule has 4 nitrogen and oxygen atoms in total. The fourth-order valence-electron chi connectivity index (χ4n) is 1.99. The van der Waals surface area contributed by atoms with Gasteiger partial charge in [-0.2, -0.15) is 0 Å². The Morgan fingerprint density at radius 2 is 1.95 bits per heavy atom. The Balaban J connectivity index is 2.26. The molecule has 0 aliphatic rings. The average molecular weight is 349 g/mol. The second kappa shape index (κ2) is 7.13. The van der Waals surface area contributed by atoms with Gasteiger partial charge >= 0.3 is 0 Å². The molecule has 3 N–H and O–H groups in total. The van der Waals surface area contributed by atoms with Crippen molar-refractivity contribution in [2.45, 2.75) is 19.8 Å². The maximum atomic E-state index is 8.86. The fourth-order valence-corrected chi connectivity index (χ4v) is 2.35. The fraction of sp³-hybridized carbons (Fsp3) is 0.188. The summed E-state index contributed by atoms with van der Waals surface area (Å²) >= 11 is 3.36. The Labute approximate surface area is 132 Å². The van der Waals surface area contributed by atoms with E-state index in [0.29, 0.717) is 17.1 Å². The summed E-state index contributed by atoms with van der Waals surface area (Å²) in [6, 6.07) is 13.3. The van der Waals surface area contributed by atoms with Crippen molar-refractivity contribution in [2.75, 3.05) is 0 Å². The standard InChI is InChI=1S/C16H17BrN2O2/c1-2-3-11-4-7-13(8-5-11)21-15-9-6-12(17)10-14(15)16(18)19-20/h4-10,20H,2-3H2,1H3,(H2,18,19). The van der Waals surface area contributed by atoms with Gasteiger partial charge in [0.2, 0.25) is 0 Å². The Morgan fingerprint density at radius 1 is 1.24 bits per heavy atom. The van der Waals surface area contributed by atoms with E-state index in [-0.39, 0.29) is 5.84 Å². The smallest absolute Gasteiger partial charge is 0.173 e. The van der Waals surface area contributed by atoms with Crippen LogP contribution in [-0.4, -0.2) is 11.0 Å². The number of nitrogens with two attached hydrogens (primary N) is 1. The Hall–Kier alpha value is -2.01. The van der Waals surface area contributed by atoms with E-state index in [0.717, 1.165) is 17.3 Å². The van der Waals surface area contributed by atoms with E-state index >= 15 is 0 Å². The number of ether oxygens (including phenoxy) is 1. The number of hydrogen-bond acceptors (Lipinski definition) is 3. The number of amidine groups is 1. The first-order valence-electron chi connectivity index (χ1n) is 6.68. The first kappa shape index (κ1) is 15.4. The van der Waals surface area contributed by atoms with Gasteiger partial charge in [0.05, 0.1) is 5.56 Å². The van der Waals surface area contributed by atoms with Crippen LogP contribution in [0.5, 0.6) is 11.5 Å². The number of halogens is 1. The van der Waals surface area contributed by atoms with Gasteiger partial charge in [-0.05, 0) is 42.3 Å². The van der Waals surface area contributed by atoms with E-state index in [1.54, 1.807) is 12.1 Å². The maximum Gasteiger partial charge on any atom is 0.173 e. The molecule has 0 spiro atoms. The van der Waals surface area contributed by atoms with Crippen molar-refractivity contribution >= 4 is 21.8 Å². The van der Waals surface area contributed by atoms with E-state index in [1.165, 1.54) is 5.56 Å². The van der Waals surface area contributed by atoms with Crippen molar-refractivity contribution in [3.8, 4) is 11.5 Å². The summed E-state index contributed by atoms with van der Waals surface area (Å²) in [6.07, 6.45) is 2.16. The molecular weight excluding hydrogens is 332 g/mol. The van der Waals surface area contributed by atoms with Crippen LogP contribution >= 0.6 is 15.9 Å².